The van der Waals surface area contributed by atoms with Crippen LogP contribution in [0.25, 0.3) is 0 Å². The summed E-state index contributed by atoms with van der Waals surface area (Å²) >= 11 is 0. The second-order valence-electron chi connectivity index (χ2n) is 3.83. The van der Waals surface area contributed by atoms with Gasteiger partial charge in [0, 0.05) is 5.56 Å². The van der Waals surface area contributed by atoms with E-state index in [9.17, 15) is 29.5 Å². The van der Waals surface area contributed by atoms with Crippen molar-refractivity contribution in [1.82, 2.24) is 0 Å². The van der Waals surface area contributed by atoms with Gasteiger partial charge in [-0.2, -0.15) is 0 Å². The number of hydrogen-bond donors (Lipinski definition) is 3. The largest absolute Gasteiger partial charge is 0.464 e. The number of benzene rings is 1. The molecule has 2 atom stereocenters. The lowest BCUT2D eigenvalue weighted by Crippen LogP contribution is -2.30. The number of carbonyl (C=O) groups is 1. The molecule has 20 heavy (non-hydrogen) atoms. The molecule has 1 aromatic carbocycles. The zero-order valence-electron chi connectivity index (χ0n) is 10.4. The van der Waals surface area contributed by atoms with E-state index in [1.54, 1.807) is 0 Å². The van der Waals surface area contributed by atoms with Crippen LogP contribution in [0.15, 0.2) is 12.1 Å². The summed E-state index contributed by atoms with van der Waals surface area (Å²) in [5.74, 6) is -2.18. The minimum absolute atomic E-state index is 0.0403. The molecule has 0 spiro atoms. The molecule has 0 amide bonds. The van der Waals surface area contributed by atoms with E-state index in [0.717, 1.165) is 0 Å². The fourth-order valence-corrected chi connectivity index (χ4v) is 1.55. The molecule has 0 fully saturated rings. The van der Waals surface area contributed by atoms with Crippen molar-refractivity contribution < 1.29 is 29.1 Å². The molecule has 0 heterocycles. The van der Waals surface area contributed by atoms with Gasteiger partial charge in [-0.05, 0) is 13.0 Å². The Hall–Kier alpha value is -2.26. The van der Waals surface area contributed by atoms with Gasteiger partial charge in [0.2, 0.25) is 0 Å². The maximum Gasteiger partial charge on any atom is 0.338 e. The minimum atomic E-state index is -2.03. The SMILES string of the molecule is CCOC(=O)C(O)C(O)c1cc(F)cc([N+](=O)[O-])c1N. The van der Waals surface area contributed by atoms with Crippen molar-refractivity contribution in [3.8, 4) is 0 Å². The molecule has 0 bridgehead atoms. The predicted molar refractivity (Wildman–Crippen MR) is 65.1 cm³/mol. The highest BCUT2D eigenvalue weighted by molar-refractivity contribution is 5.76. The number of rotatable bonds is 5. The zero-order chi connectivity index (χ0) is 15.4. The number of nitrogens with two attached hydrogens (primary N) is 1. The molecule has 0 saturated carbocycles. The molecular weight excluding hydrogens is 275 g/mol. The molecule has 110 valence electrons. The summed E-state index contributed by atoms with van der Waals surface area (Å²) in [4.78, 5) is 21.0. The number of aliphatic hydroxyl groups excluding tert-OH is 2. The van der Waals surface area contributed by atoms with E-state index < -0.39 is 45.9 Å². The van der Waals surface area contributed by atoms with Crippen LogP contribution in [0.2, 0.25) is 0 Å². The summed E-state index contributed by atoms with van der Waals surface area (Å²) < 4.78 is 17.7. The first kappa shape index (κ1) is 15.8. The summed E-state index contributed by atoms with van der Waals surface area (Å²) in [5.41, 5.74) is 3.67. The molecule has 0 saturated heterocycles. The Kier molecular flexibility index (Phi) is 4.94. The number of nitro groups is 1. The number of aliphatic hydroxyl groups is 2. The molecule has 0 aliphatic rings. The Morgan fingerprint density at radius 2 is 2.15 bits per heavy atom. The standard InChI is InChI=1S/C11H13FN2O6/c1-2-20-11(17)10(16)9(15)6-3-5(12)4-7(8(6)13)14(18)19/h3-4,9-10,15-16H,2,13H2,1H3. The highest BCUT2D eigenvalue weighted by atomic mass is 19.1. The fourth-order valence-electron chi connectivity index (χ4n) is 1.55. The van der Waals surface area contributed by atoms with Crippen LogP contribution in [-0.2, 0) is 9.53 Å². The number of ether oxygens (including phenoxy) is 1. The van der Waals surface area contributed by atoms with Crippen molar-refractivity contribution in [2.24, 2.45) is 0 Å². The number of esters is 1. The Morgan fingerprint density at radius 1 is 1.55 bits per heavy atom. The number of hydrogen-bond acceptors (Lipinski definition) is 7. The first-order valence-corrected chi connectivity index (χ1v) is 5.55. The first-order valence-electron chi connectivity index (χ1n) is 5.55. The van der Waals surface area contributed by atoms with Crippen LogP contribution in [0, 0.1) is 15.9 Å². The van der Waals surface area contributed by atoms with E-state index >= 15 is 0 Å². The van der Waals surface area contributed by atoms with Crippen molar-refractivity contribution >= 4 is 17.3 Å². The van der Waals surface area contributed by atoms with Crippen LogP contribution < -0.4 is 5.73 Å². The molecule has 2 unspecified atom stereocenters. The number of nitrogen functional groups attached to an aromatic ring is 1. The van der Waals surface area contributed by atoms with Gasteiger partial charge in [0.1, 0.15) is 17.6 Å². The van der Waals surface area contributed by atoms with Crippen molar-refractivity contribution in [2.45, 2.75) is 19.1 Å². The average Bonchev–Trinajstić information content (AvgIpc) is 2.39. The van der Waals surface area contributed by atoms with Crippen LogP contribution in [0.1, 0.15) is 18.6 Å². The topological polar surface area (TPSA) is 136 Å². The van der Waals surface area contributed by atoms with Gasteiger partial charge in [-0.15, -0.1) is 0 Å². The van der Waals surface area contributed by atoms with E-state index in [2.05, 4.69) is 4.74 Å². The van der Waals surface area contributed by atoms with E-state index in [1.807, 2.05) is 0 Å². The normalized spacial score (nSPS) is 13.6. The predicted octanol–water partition coefficient (Wildman–Crippen LogP) is 0.274. The molecule has 8 nitrogen and oxygen atoms in total. The maximum atomic E-state index is 13.3. The van der Waals surface area contributed by atoms with Gasteiger partial charge in [0.15, 0.2) is 6.10 Å². The smallest absolute Gasteiger partial charge is 0.338 e. The van der Waals surface area contributed by atoms with Gasteiger partial charge < -0.3 is 20.7 Å². The first-order chi connectivity index (χ1) is 9.29. The lowest BCUT2D eigenvalue weighted by Gasteiger charge is -2.18. The maximum absolute atomic E-state index is 13.3. The number of carbonyl (C=O) groups excluding carboxylic acids is 1. The summed E-state index contributed by atoms with van der Waals surface area (Å²) in [7, 11) is 0. The van der Waals surface area contributed by atoms with Crippen LogP contribution in [0.4, 0.5) is 15.8 Å². The molecule has 4 N–H and O–H groups in total. The van der Waals surface area contributed by atoms with Gasteiger partial charge in [-0.25, -0.2) is 9.18 Å². The van der Waals surface area contributed by atoms with Crippen LogP contribution >= 0.6 is 0 Å². The van der Waals surface area contributed by atoms with Gasteiger partial charge in [0.05, 0.1) is 17.6 Å². The van der Waals surface area contributed by atoms with Gasteiger partial charge >= 0.3 is 5.97 Å². The number of nitrogens with zero attached hydrogens (tertiary/aromatic N) is 1. The summed E-state index contributed by atoms with van der Waals surface area (Å²) in [6, 6.07) is 1.28. The third kappa shape index (κ3) is 3.19. The molecule has 0 aliphatic carbocycles. The highest BCUT2D eigenvalue weighted by Crippen LogP contribution is 2.32. The second-order valence-corrected chi connectivity index (χ2v) is 3.83. The van der Waals surface area contributed by atoms with E-state index in [4.69, 9.17) is 5.73 Å². The van der Waals surface area contributed by atoms with Crippen molar-refractivity contribution in [3.05, 3.63) is 33.6 Å². The Bertz CT molecular complexity index is 536. The fraction of sp³-hybridized carbons (Fsp3) is 0.364. The van der Waals surface area contributed by atoms with Crippen molar-refractivity contribution in [3.63, 3.8) is 0 Å². The van der Waals surface area contributed by atoms with Crippen molar-refractivity contribution in [2.75, 3.05) is 12.3 Å². The van der Waals surface area contributed by atoms with Crippen LogP contribution in [0.5, 0.6) is 0 Å². The number of halogens is 1. The average molecular weight is 288 g/mol. The third-order valence-electron chi connectivity index (χ3n) is 2.50. The van der Waals surface area contributed by atoms with Gasteiger partial charge in [0.25, 0.3) is 5.69 Å². The van der Waals surface area contributed by atoms with Gasteiger partial charge in [-0.1, -0.05) is 0 Å². The minimum Gasteiger partial charge on any atom is -0.464 e. The number of nitro benzene ring substituents is 1. The molecule has 0 aliphatic heterocycles. The summed E-state index contributed by atoms with van der Waals surface area (Å²) in [6.45, 7) is 1.44. The molecular formula is C11H13FN2O6. The van der Waals surface area contributed by atoms with E-state index in [-0.39, 0.29) is 6.61 Å². The van der Waals surface area contributed by atoms with Crippen molar-refractivity contribution in [1.29, 1.82) is 0 Å². The summed E-state index contributed by atoms with van der Waals surface area (Å²) in [5, 5.41) is 30.0. The Balaban J connectivity index is 3.19. The quantitative estimate of drug-likeness (QED) is 0.306. The van der Waals surface area contributed by atoms with E-state index in [0.29, 0.717) is 12.1 Å². The number of anilines is 1. The van der Waals surface area contributed by atoms with E-state index in [1.165, 1.54) is 6.92 Å². The molecule has 1 rings (SSSR count). The third-order valence-corrected chi connectivity index (χ3v) is 2.50. The zero-order valence-corrected chi connectivity index (χ0v) is 10.4. The highest BCUT2D eigenvalue weighted by Gasteiger charge is 2.31. The molecule has 0 radical (unpaired) electrons. The van der Waals surface area contributed by atoms with Crippen LogP contribution in [-0.4, -0.2) is 33.8 Å². The summed E-state index contributed by atoms with van der Waals surface area (Å²) in [6.07, 6.45) is -3.97. The Labute approximate surface area is 112 Å². The van der Waals surface area contributed by atoms with Gasteiger partial charge in [-0.3, -0.25) is 10.1 Å². The molecule has 0 aromatic heterocycles. The van der Waals surface area contributed by atoms with Crippen LogP contribution in [0.3, 0.4) is 0 Å². The second kappa shape index (κ2) is 6.26. The lowest BCUT2D eigenvalue weighted by atomic mass is 10.0. The Morgan fingerprint density at radius 3 is 2.65 bits per heavy atom. The monoisotopic (exact) mass is 288 g/mol. The molecule has 9 heteroatoms. The molecule has 1 aromatic rings. The lowest BCUT2D eigenvalue weighted by molar-refractivity contribution is -0.384.